The molecule has 0 amide bonds. The smallest absolute Gasteiger partial charge is 0.338 e. The largest absolute Gasteiger partial charge is 0.458 e. The number of hydrogen-bond donors (Lipinski definition) is 0. The first kappa shape index (κ1) is 31.1. The molecule has 0 saturated heterocycles. The molecule has 0 saturated carbocycles. The fourth-order valence-electron chi connectivity index (χ4n) is 3.17. The van der Waals surface area contributed by atoms with Gasteiger partial charge in [-0.15, -0.1) is 0 Å². The quantitative estimate of drug-likeness (QED) is 0.117. The van der Waals surface area contributed by atoms with E-state index in [1.165, 1.54) is 0 Å². The van der Waals surface area contributed by atoms with Crippen LogP contribution in [0.15, 0.2) is 60.8 Å². The zero-order valence-electron chi connectivity index (χ0n) is 22.3. The maximum absolute atomic E-state index is 12.6. The van der Waals surface area contributed by atoms with Crippen LogP contribution in [0.5, 0.6) is 0 Å². The zero-order chi connectivity index (χ0) is 24.8. The number of carbonyl (C=O) groups is 1. The summed E-state index contributed by atoms with van der Waals surface area (Å²) in [5, 5.41) is 0. The topological polar surface area (TPSA) is 35.5 Å². The minimum atomic E-state index is -0.815. The highest BCUT2D eigenvalue weighted by atomic mass is 16.6. The molecule has 0 aromatic carbocycles. The predicted molar refractivity (Wildman–Crippen MR) is 143 cm³/mol. The van der Waals surface area contributed by atoms with Gasteiger partial charge in [0.2, 0.25) is 0 Å². The molecule has 0 atom stereocenters. The van der Waals surface area contributed by atoms with Gasteiger partial charge in [0.05, 0.1) is 0 Å². The van der Waals surface area contributed by atoms with Crippen molar-refractivity contribution in [3.8, 4) is 0 Å². The van der Waals surface area contributed by atoms with Gasteiger partial charge in [-0.3, -0.25) is 0 Å². The summed E-state index contributed by atoms with van der Waals surface area (Å²) in [4.78, 5) is 12.6. The lowest BCUT2D eigenvalue weighted by Crippen LogP contribution is -2.45. The lowest BCUT2D eigenvalue weighted by Gasteiger charge is -2.33. The van der Waals surface area contributed by atoms with Crippen LogP contribution in [0.1, 0.15) is 106 Å². The lowest BCUT2D eigenvalue weighted by molar-refractivity contribution is -0.185. The summed E-state index contributed by atoms with van der Waals surface area (Å²) in [6, 6.07) is 0. The van der Waals surface area contributed by atoms with Crippen molar-refractivity contribution < 1.29 is 14.3 Å². The zero-order valence-corrected chi connectivity index (χ0v) is 22.3. The van der Waals surface area contributed by atoms with Crippen LogP contribution in [0.3, 0.4) is 0 Å². The van der Waals surface area contributed by atoms with E-state index in [1.807, 2.05) is 34.6 Å². The van der Waals surface area contributed by atoms with Gasteiger partial charge in [0.15, 0.2) is 5.60 Å². The minimum Gasteiger partial charge on any atom is -0.458 e. The second-order valence-corrected chi connectivity index (χ2v) is 9.26. The van der Waals surface area contributed by atoms with Gasteiger partial charge in [-0.05, 0) is 85.0 Å². The summed E-state index contributed by atoms with van der Waals surface area (Å²) in [5.74, 6) is -0.238. The van der Waals surface area contributed by atoms with Gasteiger partial charge in [0.25, 0.3) is 0 Å². The Morgan fingerprint density at radius 2 is 1.12 bits per heavy atom. The van der Waals surface area contributed by atoms with E-state index in [-0.39, 0.29) is 5.97 Å². The molecule has 0 aliphatic rings. The summed E-state index contributed by atoms with van der Waals surface area (Å²) in [7, 11) is 0. The summed E-state index contributed by atoms with van der Waals surface area (Å²) < 4.78 is 11.6. The van der Waals surface area contributed by atoms with Crippen LogP contribution in [0.2, 0.25) is 0 Å². The Morgan fingerprint density at radius 3 is 1.55 bits per heavy atom. The van der Waals surface area contributed by atoms with E-state index >= 15 is 0 Å². The van der Waals surface area contributed by atoms with Crippen molar-refractivity contribution in [2.45, 2.75) is 117 Å². The molecule has 3 heteroatoms. The molecule has 0 rings (SSSR count). The van der Waals surface area contributed by atoms with Gasteiger partial charge >= 0.3 is 5.97 Å². The third-order valence-corrected chi connectivity index (χ3v) is 5.21. The molecule has 0 N–H and O–H groups in total. The molecular weight excluding hydrogens is 408 g/mol. The molecule has 0 aromatic rings. The SMILES string of the molecule is CC/C=C\C/C=C\C/C=C\C/C=C\C/C=C\CCCCOC(CC)(CC)C(=O)OC(C)(C)C. The van der Waals surface area contributed by atoms with Crippen LogP contribution < -0.4 is 0 Å². The molecule has 0 aliphatic heterocycles. The number of ether oxygens (including phenoxy) is 2. The molecule has 0 aromatic heterocycles. The fourth-order valence-corrected chi connectivity index (χ4v) is 3.17. The highest BCUT2D eigenvalue weighted by Crippen LogP contribution is 2.25. The molecule has 33 heavy (non-hydrogen) atoms. The molecule has 188 valence electrons. The third kappa shape index (κ3) is 17.3. The number of rotatable bonds is 18. The van der Waals surface area contributed by atoms with Crippen molar-refractivity contribution in [2.24, 2.45) is 0 Å². The first-order valence-electron chi connectivity index (χ1n) is 12.9. The van der Waals surface area contributed by atoms with Crippen molar-refractivity contribution in [1.29, 1.82) is 0 Å². The van der Waals surface area contributed by atoms with Gasteiger partial charge in [-0.2, -0.15) is 0 Å². The lowest BCUT2D eigenvalue weighted by atomic mass is 9.96. The van der Waals surface area contributed by atoms with Gasteiger partial charge in [-0.1, -0.05) is 81.5 Å². The predicted octanol–water partition coefficient (Wildman–Crippen LogP) is 8.83. The van der Waals surface area contributed by atoms with Crippen molar-refractivity contribution in [3.63, 3.8) is 0 Å². The Hall–Kier alpha value is -1.87. The van der Waals surface area contributed by atoms with Gasteiger partial charge in [0.1, 0.15) is 5.60 Å². The summed E-state index contributed by atoms with van der Waals surface area (Å²) in [6.07, 6.45) is 31.6. The Balaban J connectivity index is 3.93. The first-order valence-corrected chi connectivity index (χ1v) is 12.9. The molecule has 0 heterocycles. The Labute approximate surface area is 204 Å². The molecule has 0 spiro atoms. The van der Waals surface area contributed by atoms with Gasteiger partial charge < -0.3 is 9.47 Å². The number of unbranched alkanes of at least 4 members (excludes halogenated alkanes) is 2. The molecule has 0 aliphatic carbocycles. The maximum atomic E-state index is 12.6. The van der Waals surface area contributed by atoms with Crippen molar-refractivity contribution in [1.82, 2.24) is 0 Å². The third-order valence-electron chi connectivity index (χ3n) is 5.21. The summed E-state index contributed by atoms with van der Waals surface area (Å²) in [5.41, 5.74) is -1.31. The number of esters is 1. The second-order valence-electron chi connectivity index (χ2n) is 9.26. The monoisotopic (exact) mass is 458 g/mol. The van der Waals surface area contributed by atoms with Crippen molar-refractivity contribution >= 4 is 5.97 Å². The molecule has 0 radical (unpaired) electrons. The standard InChI is InChI=1S/C30H50O3/c1-7-10-11-12-13-14-15-16-17-18-19-20-21-22-23-24-25-26-27-32-30(8-2,9-3)28(31)33-29(4,5)6/h10-11,13-14,16-17,19-20,22-23H,7-9,12,15,18,21,24-27H2,1-6H3/b11-10-,14-13-,17-16-,20-19-,23-22-. The van der Waals surface area contributed by atoms with E-state index in [4.69, 9.17) is 9.47 Å². The summed E-state index contributed by atoms with van der Waals surface area (Å²) in [6.45, 7) is 12.4. The van der Waals surface area contributed by atoms with E-state index in [1.54, 1.807) is 0 Å². The normalized spacial score (nSPS) is 13.5. The minimum absolute atomic E-state index is 0.238. The number of hydrogen-bond acceptors (Lipinski definition) is 3. The van der Waals surface area contributed by atoms with E-state index in [2.05, 4.69) is 67.7 Å². The van der Waals surface area contributed by atoms with Gasteiger partial charge in [0, 0.05) is 6.61 Å². The molecule has 0 unspecified atom stereocenters. The Bertz CT molecular complexity index is 625. The van der Waals surface area contributed by atoms with Crippen LogP contribution >= 0.6 is 0 Å². The average Bonchev–Trinajstić information content (AvgIpc) is 2.77. The number of carbonyl (C=O) groups excluding carboxylic acids is 1. The van der Waals surface area contributed by atoms with Crippen LogP contribution in [-0.4, -0.2) is 23.8 Å². The van der Waals surface area contributed by atoms with E-state index in [0.717, 1.165) is 51.4 Å². The van der Waals surface area contributed by atoms with E-state index in [9.17, 15) is 4.79 Å². The van der Waals surface area contributed by atoms with E-state index < -0.39 is 11.2 Å². The fraction of sp³-hybridized carbons (Fsp3) is 0.633. The highest BCUT2D eigenvalue weighted by Gasteiger charge is 2.39. The first-order chi connectivity index (χ1) is 15.8. The van der Waals surface area contributed by atoms with E-state index in [0.29, 0.717) is 19.4 Å². The van der Waals surface area contributed by atoms with Crippen LogP contribution in [0.25, 0.3) is 0 Å². The Morgan fingerprint density at radius 1 is 0.667 bits per heavy atom. The summed E-state index contributed by atoms with van der Waals surface area (Å²) >= 11 is 0. The molecule has 0 fully saturated rings. The van der Waals surface area contributed by atoms with Crippen LogP contribution in [-0.2, 0) is 14.3 Å². The van der Waals surface area contributed by atoms with Crippen molar-refractivity contribution in [3.05, 3.63) is 60.8 Å². The molecule has 3 nitrogen and oxygen atoms in total. The van der Waals surface area contributed by atoms with Crippen LogP contribution in [0.4, 0.5) is 0 Å². The second kappa shape index (κ2) is 19.6. The van der Waals surface area contributed by atoms with Crippen LogP contribution in [0, 0.1) is 0 Å². The van der Waals surface area contributed by atoms with Gasteiger partial charge in [-0.25, -0.2) is 4.79 Å². The molecule has 0 bridgehead atoms. The molecular formula is C30H50O3. The van der Waals surface area contributed by atoms with Crippen molar-refractivity contribution in [2.75, 3.05) is 6.61 Å². The number of allylic oxidation sites excluding steroid dienone is 10. The maximum Gasteiger partial charge on any atom is 0.338 e. The average molecular weight is 459 g/mol. The Kier molecular flexibility index (Phi) is 18.5. The highest BCUT2D eigenvalue weighted by molar-refractivity contribution is 5.79.